The average molecular weight is 419 g/mol. The average Bonchev–Trinajstić information content (AvgIpc) is 2.72. The van der Waals surface area contributed by atoms with Crippen LogP contribution in [0.3, 0.4) is 0 Å². The summed E-state index contributed by atoms with van der Waals surface area (Å²) in [7, 11) is 2.99. The Bertz CT molecular complexity index is 956. The Balaban J connectivity index is 2.03. The maximum atomic E-state index is 14.0. The molecule has 3 rings (SSSR count). The van der Waals surface area contributed by atoms with Gasteiger partial charge < -0.3 is 24.6 Å². The standard InChI is InChI=1S/C21H26FN3O5/c1-4-5-10-25-18(26)9-8-17(24-25)23-19-15-11-14(22)6-7-16(15)30-21(12-28-2,13-29-3)20(19)27/h4-9,11,19-20,27H,10,12-13H2,1-3H3,(H,23,24)/b5-4+/t19-,20+/m1/s1. The topological polar surface area (TPSA) is 94.8 Å². The summed E-state index contributed by atoms with van der Waals surface area (Å²) in [6, 6.07) is 6.21. The van der Waals surface area contributed by atoms with Crippen LogP contribution in [0.5, 0.6) is 5.75 Å². The lowest BCUT2D eigenvalue weighted by Gasteiger charge is -2.45. The van der Waals surface area contributed by atoms with Crippen LogP contribution < -0.4 is 15.6 Å². The highest BCUT2D eigenvalue weighted by Crippen LogP contribution is 2.42. The van der Waals surface area contributed by atoms with Crippen LogP contribution in [0.1, 0.15) is 18.5 Å². The van der Waals surface area contributed by atoms with Crippen molar-refractivity contribution in [1.29, 1.82) is 0 Å². The Hall–Kier alpha value is -2.75. The van der Waals surface area contributed by atoms with Crippen LogP contribution >= 0.6 is 0 Å². The second-order valence-corrected chi connectivity index (χ2v) is 7.09. The second kappa shape index (κ2) is 9.38. The Morgan fingerprint density at radius 3 is 2.70 bits per heavy atom. The fourth-order valence-electron chi connectivity index (χ4n) is 3.55. The van der Waals surface area contributed by atoms with Gasteiger partial charge in [0.1, 0.15) is 23.5 Å². The molecule has 0 aliphatic carbocycles. The van der Waals surface area contributed by atoms with Crippen molar-refractivity contribution >= 4 is 5.82 Å². The number of anilines is 1. The van der Waals surface area contributed by atoms with Gasteiger partial charge in [-0.15, -0.1) is 0 Å². The van der Waals surface area contributed by atoms with Gasteiger partial charge in [0.2, 0.25) is 0 Å². The fraction of sp³-hybridized carbons (Fsp3) is 0.429. The molecule has 0 fully saturated rings. The lowest BCUT2D eigenvalue weighted by atomic mass is 9.84. The maximum Gasteiger partial charge on any atom is 0.267 e. The van der Waals surface area contributed by atoms with Gasteiger partial charge in [0.25, 0.3) is 5.56 Å². The molecule has 0 saturated carbocycles. The molecule has 8 nitrogen and oxygen atoms in total. The van der Waals surface area contributed by atoms with Gasteiger partial charge in [-0.2, -0.15) is 5.10 Å². The minimum Gasteiger partial charge on any atom is -0.479 e. The van der Waals surface area contributed by atoms with E-state index in [0.29, 0.717) is 23.7 Å². The molecule has 0 saturated heterocycles. The summed E-state index contributed by atoms with van der Waals surface area (Å²) in [5, 5.41) is 18.7. The molecule has 1 aliphatic rings. The molecule has 30 heavy (non-hydrogen) atoms. The smallest absolute Gasteiger partial charge is 0.267 e. The van der Waals surface area contributed by atoms with Crippen molar-refractivity contribution in [2.45, 2.75) is 31.2 Å². The predicted octanol–water partition coefficient (Wildman–Crippen LogP) is 1.90. The van der Waals surface area contributed by atoms with Crippen molar-refractivity contribution in [1.82, 2.24) is 9.78 Å². The number of methoxy groups -OCH3 is 2. The first kappa shape index (κ1) is 21.9. The van der Waals surface area contributed by atoms with E-state index in [0.717, 1.165) is 0 Å². The van der Waals surface area contributed by atoms with Gasteiger partial charge in [0.15, 0.2) is 5.60 Å². The zero-order chi connectivity index (χ0) is 21.7. The summed E-state index contributed by atoms with van der Waals surface area (Å²) >= 11 is 0. The van der Waals surface area contributed by atoms with E-state index in [4.69, 9.17) is 14.2 Å². The third-order valence-corrected chi connectivity index (χ3v) is 4.94. The van der Waals surface area contributed by atoms with Crippen molar-refractivity contribution in [3.05, 3.63) is 64.2 Å². The number of fused-ring (bicyclic) bond motifs is 1. The molecular weight excluding hydrogens is 393 g/mol. The lowest BCUT2D eigenvalue weighted by molar-refractivity contribution is -0.142. The maximum absolute atomic E-state index is 14.0. The Kier molecular flexibility index (Phi) is 6.86. The van der Waals surface area contributed by atoms with E-state index < -0.39 is 23.6 Å². The molecule has 1 aromatic heterocycles. The van der Waals surface area contributed by atoms with E-state index in [1.807, 2.05) is 13.0 Å². The monoisotopic (exact) mass is 419 g/mol. The number of hydrogen-bond acceptors (Lipinski definition) is 7. The summed E-state index contributed by atoms with van der Waals surface area (Å²) in [6.07, 6.45) is 2.46. The summed E-state index contributed by atoms with van der Waals surface area (Å²) in [4.78, 5) is 12.0. The number of halogens is 1. The summed E-state index contributed by atoms with van der Waals surface area (Å²) in [6.45, 7) is 2.25. The number of rotatable bonds is 8. The molecule has 1 aliphatic heterocycles. The van der Waals surface area contributed by atoms with E-state index in [2.05, 4.69) is 10.4 Å². The number of allylic oxidation sites excluding steroid dienone is 2. The third-order valence-electron chi connectivity index (χ3n) is 4.94. The molecule has 0 unspecified atom stereocenters. The van der Waals surface area contributed by atoms with Crippen LogP contribution in [0.15, 0.2) is 47.3 Å². The van der Waals surface area contributed by atoms with Gasteiger partial charge in [0.05, 0.1) is 25.8 Å². The van der Waals surface area contributed by atoms with Gasteiger partial charge in [0, 0.05) is 25.8 Å². The minimum atomic E-state index is -1.22. The molecule has 0 spiro atoms. The number of aromatic nitrogens is 2. The first-order chi connectivity index (χ1) is 14.4. The highest BCUT2D eigenvalue weighted by atomic mass is 19.1. The quantitative estimate of drug-likeness (QED) is 0.631. The third kappa shape index (κ3) is 4.38. The zero-order valence-electron chi connectivity index (χ0n) is 17.2. The van der Waals surface area contributed by atoms with E-state index in [-0.39, 0.29) is 18.8 Å². The number of nitrogens with one attached hydrogen (secondary N) is 1. The fourth-order valence-corrected chi connectivity index (χ4v) is 3.55. The van der Waals surface area contributed by atoms with Crippen LogP contribution in [0.4, 0.5) is 10.2 Å². The molecule has 162 valence electrons. The SMILES string of the molecule is C/C=C/Cn1nc(N[C@@H]2c3cc(F)ccc3OC(COC)(COC)[C@H]2O)ccc1=O. The normalized spacial score (nSPS) is 20.0. The first-order valence-corrected chi connectivity index (χ1v) is 9.54. The van der Waals surface area contributed by atoms with Crippen molar-refractivity contribution < 1.29 is 23.7 Å². The van der Waals surface area contributed by atoms with Gasteiger partial charge in [-0.25, -0.2) is 9.07 Å². The molecule has 1 aromatic carbocycles. The second-order valence-electron chi connectivity index (χ2n) is 7.09. The van der Waals surface area contributed by atoms with E-state index in [1.165, 1.54) is 49.2 Å². The van der Waals surface area contributed by atoms with Gasteiger partial charge >= 0.3 is 0 Å². The molecule has 2 aromatic rings. The van der Waals surface area contributed by atoms with Crippen molar-refractivity contribution in [2.75, 3.05) is 32.8 Å². The van der Waals surface area contributed by atoms with Crippen LogP contribution in [0, 0.1) is 5.82 Å². The minimum absolute atomic E-state index is 0.0468. The summed E-state index contributed by atoms with van der Waals surface area (Å²) < 4.78 is 31.9. The summed E-state index contributed by atoms with van der Waals surface area (Å²) in [5.41, 5.74) is -1.05. The molecule has 2 heterocycles. The van der Waals surface area contributed by atoms with Crippen molar-refractivity contribution in [2.24, 2.45) is 0 Å². The predicted molar refractivity (Wildman–Crippen MR) is 109 cm³/mol. The Morgan fingerprint density at radius 1 is 1.30 bits per heavy atom. The molecule has 0 amide bonds. The summed E-state index contributed by atoms with van der Waals surface area (Å²) in [5.74, 6) is 0.285. The van der Waals surface area contributed by atoms with E-state index >= 15 is 0 Å². The van der Waals surface area contributed by atoms with Crippen LogP contribution in [0.2, 0.25) is 0 Å². The first-order valence-electron chi connectivity index (χ1n) is 9.54. The molecule has 0 radical (unpaired) electrons. The van der Waals surface area contributed by atoms with Crippen LogP contribution in [0.25, 0.3) is 0 Å². The number of aliphatic hydroxyl groups excluding tert-OH is 1. The molecule has 9 heteroatoms. The zero-order valence-corrected chi connectivity index (χ0v) is 17.2. The van der Waals surface area contributed by atoms with E-state index in [1.54, 1.807) is 6.08 Å². The van der Waals surface area contributed by atoms with Crippen molar-refractivity contribution in [3.63, 3.8) is 0 Å². The molecular formula is C21H26FN3O5. The van der Waals surface area contributed by atoms with Gasteiger partial charge in [-0.1, -0.05) is 12.2 Å². The van der Waals surface area contributed by atoms with Crippen molar-refractivity contribution in [3.8, 4) is 5.75 Å². The van der Waals surface area contributed by atoms with Gasteiger partial charge in [-0.05, 0) is 31.2 Å². The largest absolute Gasteiger partial charge is 0.479 e. The van der Waals surface area contributed by atoms with E-state index in [9.17, 15) is 14.3 Å². The Morgan fingerprint density at radius 2 is 2.03 bits per heavy atom. The number of ether oxygens (including phenoxy) is 3. The molecule has 2 N–H and O–H groups in total. The number of aliphatic hydroxyl groups is 1. The molecule has 0 bridgehead atoms. The number of hydrogen-bond donors (Lipinski definition) is 2. The molecule has 2 atom stereocenters. The van der Waals surface area contributed by atoms with Crippen LogP contribution in [-0.2, 0) is 16.0 Å². The number of benzene rings is 1. The highest BCUT2D eigenvalue weighted by molar-refractivity contribution is 5.47. The highest BCUT2D eigenvalue weighted by Gasteiger charge is 2.50. The number of nitrogens with zero attached hydrogens (tertiary/aromatic N) is 2. The Labute approximate surface area is 173 Å². The van der Waals surface area contributed by atoms with Crippen LogP contribution in [-0.4, -0.2) is 54.0 Å². The van der Waals surface area contributed by atoms with Gasteiger partial charge in [-0.3, -0.25) is 4.79 Å². The lowest BCUT2D eigenvalue weighted by Crippen LogP contribution is -2.60.